The summed E-state index contributed by atoms with van der Waals surface area (Å²) in [7, 11) is 0. The molecule has 0 spiro atoms. The lowest BCUT2D eigenvalue weighted by molar-refractivity contribution is -0.117. The Kier molecular flexibility index (Phi) is 3.40. The lowest BCUT2D eigenvalue weighted by atomic mass is 9.94. The zero-order valence-electron chi connectivity index (χ0n) is 13.4. The molecule has 3 aliphatic rings. The van der Waals surface area contributed by atoms with E-state index in [4.69, 9.17) is 9.47 Å². The summed E-state index contributed by atoms with van der Waals surface area (Å²) in [5.74, 6) is 3.78. The topological polar surface area (TPSA) is 60.5 Å². The van der Waals surface area contributed by atoms with Crippen LogP contribution in [0.3, 0.4) is 0 Å². The van der Waals surface area contributed by atoms with E-state index >= 15 is 0 Å². The number of ether oxygens (including phenoxy) is 2. The van der Waals surface area contributed by atoms with Crippen LogP contribution in [0.5, 0.6) is 11.5 Å². The zero-order chi connectivity index (χ0) is 16.1. The first-order chi connectivity index (χ1) is 11.8. The van der Waals surface area contributed by atoms with Crippen LogP contribution >= 0.6 is 11.3 Å². The SMILES string of the molecule is O=C(CC(C1CC1)C1CC1)Nc1nc2cc3c(cc2s1)OCCO3. The average molecular weight is 344 g/mol. The maximum Gasteiger partial charge on any atom is 0.226 e. The molecule has 2 fully saturated rings. The van der Waals surface area contributed by atoms with E-state index < -0.39 is 0 Å². The molecule has 6 heteroatoms. The smallest absolute Gasteiger partial charge is 0.226 e. The molecule has 0 saturated heterocycles. The molecule has 2 saturated carbocycles. The van der Waals surface area contributed by atoms with Crippen LogP contribution in [0, 0.1) is 17.8 Å². The molecule has 2 aromatic rings. The molecule has 5 rings (SSSR count). The summed E-state index contributed by atoms with van der Waals surface area (Å²) < 4.78 is 12.2. The molecule has 1 amide bonds. The summed E-state index contributed by atoms with van der Waals surface area (Å²) in [5, 5.41) is 3.67. The number of thiazole rings is 1. The molecule has 0 radical (unpaired) electrons. The molecule has 0 bridgehead atoms. The maximum atomic E-state index is 12.4. The fourth-order valence-electron chi connectivity index (χ4n) is 3.67. The van der Waals surface area contributed by atoms with Crippen molar-refractivity contribution in [2.75, 3.05) is 18.5 Å². The summed E-state index contributed by atoms with van der Waals surface area (Å²) >= 11 is 1.49. The Labute approximate surface area is 144 Å². The number of amides is 1. The molecule has 0 unspecified atom stereocenters. The Hall–Kier alpha value is -1.82. The van der Waals surface area contributed by atoms with Gasteiger partial charge < -0.3 is 14.8 Å². The largest absolute Gasteiger partial charge is 0.486 e. The van der Waals surface area contributed by atoms with Gasteiger partial charge in [-0.2, -0.15) is 0 Å². The highest BCUT2D eigenvalue weighted by atomic mass is 32.1. The van der Waals surface area contributed by atoms with Crippen molar-refractivity contribution < 1.29 is 14.3 Å². The van der Waals surface area contributed by atoms with Crippen LogP contribution in [0.15, 0.2) is 12.1 Å². The molecule has 1 aromatic carbocycles. The van der Waals surface area contributed by atoms with Gasteiger partial charge in [0, 0.05) is 18.6 Å². The predicted octanol–water partition coefficient (Wildman–Crippen LogP) is 3.83. The van der Waals surface area contributed by atoms with E-state index in [1.54, 1.807) is 0 Å². The summed E-state index contributed by atoms with van der Waals surface area (Å²) in [4.78, 5) is 17.0. The quantitative estimate of drug-likeness (QED) is 0.895. The summed E-state index contributed by atoms with van der Waals surface area (Å²) in [6.07, 6.45) is 5.87. The van der Waals surface area contributed by atoms with Crippen LogP contribution in [0.2, 0.25) is 0 Å². The van der Waals surface area contributed by atoms with E-state index in [0.717, 1.165) is 33.6 Å². The first-order valence-corrected chi connectivity index (χ1v) is 9.58. The third kappa shape index (κ3) is 2.83. The molecule has 126 valence electrons. The van der Waals surface area contributed by atoms with Gasteiger partial charge >= 0.3 is 0 Å². The zero-order valence-corrected chi connectivity index (χ0v) is 14.2. The molecule has 0 atom stereocenters. The van der Waals surface area contributed by atoms with E-state index in [-0.39, 0.29) is 5.91 Å². The summed E-state index contributed by atoms with van der Waals surface area (Å²) in [6, 6.07) is 3.85. The standard InChI is InChI=1S/C18H20N2O3S/c21-17(7-12(10-1-2-10)11-3-4-11)20-18-19-13-8-14-15(9-16(13)24-18)23-6-5-22-14/h8-12H,1-7H2,(H,19,20,21). The molecule has 1 N–H and O–H groups in total. The molecule has 2 aliphatic carbocycles. The van der Waals surface area contributed by atoms with Gasteiger partial charge in [0.1, 0.15) is 13.2 Å². The normalized spacial score (nSPS) is 19.7. The maximum absolute atomic E-state index is 12.4. The third-order valence-electron chi connectivity index (χ3n) is 5.17. The molecule has 1 aliphatic heterocycles. The summed E-state index contributed by atoms with van der Waals surface area (Å²) in [6.45, 7) is 1.14. The van der Waals surface area contributed by atoms with Crippen molar-refractivity contribution in [1.82, 2.24) is 4.98 Å². The fraction of sp³-hybridized carbons (Fsp3) is 0.556. The van der Waals surface area contributed by atoms with E-state index in [2.05, 4.69) is 10.3 Å². The number of nitrogens with one attached hydrogen (secondary N) is 1. The monoisotopic (exact) mass is 344 g/mol. The van der Waals surface area contributed by atoms with Gasteiger partial charge in [0.05, 0.1) is 10.2 Å². The van der Waals surface area contributed by atoms with Crippen molar-refractivity contribution in [3.8, 4) is 11.5 Å². The minimum absolute atomic E-state index is 0.107. The second-order valence-corrected chi connectivity index (χ2v) is 8.10. The van der Waals surface area contributed by atoms with Crippen molar-refractivity contribution >= 4 is 32.6 Å². The van der Waals surface area contributed by atoms with E-state index in [9.17, 15) is 4.79 Å². The fourth-order valence-corrected chi connectivity index (χ4v) is 4.56. The number of hydrogen-bond donors (Lipinski definition) is 1. The Morgan fingerprint density at radius 3 is 2.50 bits per heavy atom. The first-order valence-electron chi connectivity index (χ1n) is 8.76. The highest BCUT2D eigenvalue weighted by Crippen LogP contribution is 2.50. The van der Waals surface area contributed by atoms with Crippen LogP contribution in [-0.4, -0.2) is 24.1 Å². The Morgan fingerprint density at radius 2 is 1.83 bits per heavy atom. The van der Waals surface area contributed by atoms with Gasteiger partial charge in [-0.1, -0.05) is 11.3 Å². The second-order valence-electron chi connectivity index (χ2n) is 7.07. The number of nitrogens with zero attached hydrogens (tertiary/aromatic N) is 1. The molecule has 1 aromatic heterocycles. The Balaban J connectivity index is 1.32. The van der Waals surface area contributed by atoms with Crippen molar-refractivity contribution in [1.29, 1.82) is 0 Å². The lowest BCUT2D eigenvalue weighted by Gasteiger charge is -2.17. The highest BCUT2D eigenvalue weighted by Gasteiger charge is 2.42. The van der Waals surface area contributed by atoms with E-state index in [0.29, 0.717) is 30.7 Å². The minimum atomic E-state index is 0.107. The van der Waals surface area contributed by atoms with Crippen molar-refractivity contribution in [2.45, 2.75) is 32.1 Å². The van der Waals surface area contributed by atoms with Gasteiger partial charge in [0.25, 0.3) is 0 Å². The van der Waals surface area contributed by atoms with Crippen molar-refractivity contribution in [2.24, 2.45) is 17.8 Å². The minimum Gasteiger partial charge on any atom is -0.486 e. The number of aromatic nitrogens is 1. The van der Waals surface area contributed by atoms with Crippen LogP contribution in [-0.2, 0) is 4.79 Å². The van der Waals surface area contributed by atoms with E-state index in [1.165, 1.54) is 37.0 Å². The van der Waals surface area contributed by atoms with Gasteiger partial charge in [-0.05, 0) is 43.4 Å². The number of hydrogen-bond acceptors (Lipinski definition) is 5. The molecule has 2 heterocycles. The Bertz CT molecular complexity index is 740. The lowest BCUT2D eigenvalue weighted by Crippen LogP contribution is -2.18. The Morgan fingerprint density at radius 1 is 1.17 bits per heavy atom. The number of fused-ring (bicyclic) bond motifs is 2. The molecular weight excluding hydrogens is 324 g/mol. The number of benzene rings is 1. The second kappa shape index (κ2) is 5.62. The van der Waals surface area contributed by atoms with Crippen LogP contribution in [0.1, 0.15) is 32.1 Å². The number of anilines is 1. The average Bonchev–Trinajstić information content (AvgIpc) is 3.48. The van der Waals surface area contributed by atoms with Crippen LogP contribution in [0.4, 0.5) is 5.13 Å². The van der Waals surface area contributed by atoms with E-state index in [1.807, 2.05) is 12.1 Å². The first kappa shape index (κ1) is 14.5. The van der Waals surface area contributed by atoms with Gasteiger partial charge in [0.2, 0.25) is 5.91 Å². The van der Waals surface area contributed by atoms with Crippen LogP contribution in [0.25, 0.3) is 10.2 Å². The molecule has 24 heavy (non-hydrogen) atoms. The van der Waals surface area contributed by atoms with Crippen LogP contribution < -0.4 is 14.8 Å². The molecule has 5 nitrogen and oxygen atoms in total. The highest BCUT2D eigenvalue weighted by molar-refractivity contribution is 7.22. The predicted molar refractivity (Wildman–Crippen MR) is 92.8 cm³/mol. The summed E-state index contributed by atoms with van der Waals surface area (Å²) in [5.41, 5.74) is 0.848. The van der Waals surface area contributed by atoms with Gasteiger partial charge in [-0.25, -0.2) is 4.98 Å². The third-order valence-corrected chi connectivity index (χ3v) is 6.11. The van der Waals surface area contributed by atoms with Crippen molar-refractivity contribution in [3.63, 3.8) is 0 Å². The van der Waals surface area contributed by atoms with Gasteiger partial charge in [0.15, 0.2) is 16.6 Å². The number of carbonyl (C=O) groups is 1. The van der Waals surface area contributed by atoms with Gasteiger partial charge in [-0.15, -0.1) is 0 Å². The molecular formula is C18H20N2O3S. The van der Waals surface area contributed by atoms with Crippen molar-refractivity contribution in [3.05, 3.63) is 12.1 Å². The van der Waals surface area contributed by atoms with Gasteiger partial charge in [-0.3, -0.25) is 4.79 Å². The number of rotatable bonds is 5. The number of carbonyl (C=O) groups excluding carboxylic acids is 1.